The highest BCUT2D eigenvalue weighted by molar-refractivity contribution is 7.18. The molecule has 30 heavy (non-hydrogen) atoms. The van der Waals surface area contributed by atoms with E-state index >= 15 is 0 Å². The summed E-state index contributed by atoms with van der Waals surface area (Å²) in [5, 5.41) is 15.2. The van der Waals surface area contributed by atoms with E-state index in [1.165, 1.54) is 11.3 Å². The highest BCUT2D eigenvalue weighted by Crippen LogP contribution is 2.27. The Morgan fingerprint density at radius 2 is 1.77 bits per heavy atom. The standard InChI is InChI=1S/C23H34N4O2S/c1-7-16(3)19(24-18(28)13-15(2)14-23(4,5)6)20(29)25-22-27-26-21(30-22)17-11-9-8-10-12-17/h8-12,15-16,19H,7,13-14H2,1-6H3,(H,24,28)(H,25,27,29)/t15-,16-,19-/m1/s1. The SMILES string of the molecule is CC[C@@H](C)[C@@H](NC(=O)C[C@@H](C)CC(C)(C)C)C(=O)Nc1nnc(-c2ccccc2)s1. The van der Waals surface area contributed by atoms with E-state index in [1.807, 2.05) is 44.2 Å². The lowest BCUT2D eigenvalue weighted by Gasteiger charge is -2.26. The minimum absolute atomic E-state index is 0.00777. The Morgan fingerprint density at radius 3 is 2.37 bits per heavy atom. The van der Waals surface area contributed by atoms with Crippen LogP contribution in [0.2, 0.25) is 0 Å². The van der Waals surface area contributed by atoms with Crippen molar-refractivity contribution in [2.75, 3.05) is 5.32 Å². The summed E-state index contributed by atoms with van der Waals surface area (Å²) in [6.45, 7) is 12.6. The average Bonchev–Trinajstić information content (AvgIpc) is 3.13. The van der Waals surface area contributed by atoms with Crippen LogP contribution < -0.4 is 10.6 Å². The van der Waals surface area contributed by atoms with Crippen LogP contribution in [-0.4, -0.2) is 28.1 Å². The molecule has 0 radical (unpaired) electrons. The first kappa shape index (κ1) is 24.0. The molecule has 0 spiro atoms. The molecule has 2 amide bonds. The lowest BCUT2D eigenvalue weighted by atomic mass is 9.84. The first-order chi connectivity index (χ1) is 14.1. The van der Waals surface area contributed by atoms with Crippen LogP contribution in [0.3, 0.4) is 0 Å². The Balaban J connectivity index is 2.02. The Hall–Kier alpha value is -2.28. The monoisotopic (exact) mass is 430 g/mol. The number of nitrogens with zero attached hydrogens (tertiary/aromatic N) is 2. The molecule has 1 heterocycles. The minimum Gasteiger partial charge on any atom is -0.344 e. The molecule has 0 saturated heterocycles. The summed E-state index contributed by atoms with van der Waals surface area (Å²) in [6, 6.07) is 9.11. The van der Waals surface area contributed by atoms with E-state index in [9.17, 15) is 9.59 Å². The van der Waals surface area contributed by atoms with E-state index in [2.05, 4.69) is 48.5 Å². The number of nitrogens with one attached hydrogen (secondary N) is 2. The number of hydrogen-bond donors (Lipinski definition) is 2. The maximum atomic E-state index is 12.9. The van der Waals surface area contributed by atoms with Crippen LogP contribution in [0.25, 0.3) is 10.6 Å². The number of amides is 2. The molecular weight excluding hydrogens is 396 g/mol. The highest BCUT2D eigenvalue weighted by Gasteiger charge is 2.28. The van der Waals surface area contributed by atoms with Crippen LogP contribution in [0.1, 0.15) is 60.8 Å². The Kier molecular flexibility index (Phi) is 8.53. The molecular formula is C23H34N4O2S. The van der Waals surface area contributed by atoms with Gasteiger partial charge < -0.3 is 5.32 Å². The van der Waals surface area contributed by atoms with Crippen LogP contribution >= 0.6 is 11.3 Å². The fourth-order valence-electron chi connectivity index (χ4n) is 3.52. The van der Waals surface area contributed by atoms with Crippen LogP contribution in [0.4, 0.5) is 5.13 Å². The van der Waals surface area contributed by atoms with Crippen LogP contribution in [0.15, 0.2) is 30.3 Å². The topological polar surface area (TPSA) is 84.0 Å². The van der Waals surface area contributed by atoms with E-state index in [0.717, 1.165) is 23.4 Å². The lowest BCUT2D eigenvalue weighted by molar-refractivity contribution is -0.128. The molecule has 3 atom stereocenters. The largest absolute Gasteiger partial charge is 0.344 e. The molecule has 7 heteroatoms. The second-order valence-corrected chi connectivity index (χ2v) is 10.2. The maximum Gasteiger partial charge on any atom is 0.249 e. The molecule has 0 fully saturated rings. The van der Waals surface area contributed by atoms with Gasteiger partial charge in [-0.25, -0.2) is 0 Å². The average molecular weight is 431 g/mol. The van der Waals surface area contributed by atoms with Gasteiger partial charge in [0.15, 0.2) is 0 Å². The van der Waals surface area contributed by atoms with Gasteiger partial charge in [0.1, 0.15) is 11.0 Å². The van der Waals surface area contributed by atoms with Gasteiger partial charge in [-0.05, 0) is 23.7 Å². The molecule has 2 N–H and O–H groups in total. The minimum atomic E-state index is -0.603. The molecule has 0 unspecified atom stereocenters. The van der Waals surface area contributed by atoms with Crippen LogP contribution in [-0.2, 0) is 9.59 Å². The van der Waals surface area contributed by atoms with Crippen molar-refractivity contribution in [3.8, 4) is 10.6 Å². The summed E-state index contributed by atoms with van der Waals surface area (Å²) >= 11 is 1.32. The number of hydrogen-bond acceptors (Lipinski definition) is 5. The first-order valence-corrected chi connectivity index (χ1v) is 11.4. The van der Waals surface area contributed by atoms with Gasteiger partial charge in [0.2, 0.25) is 16.9 Å². The van der Waals surface area contributed by atoms with Crippen LogP contribution in [0.5, 0.6) is 0 Å². The van der Waals surface area contributed by atoms with Crippen molar-refractivity contribution < 1.29 is 9.59 Å². The molecule has 0 aliphatic carbocycles. The first-order valence-electron chi connectivity index (χ1n) is 10.6. The van der Waals surface area contributed by atoms with E-state index in [-0.39, 0.29) is 29.1 Å². The smallest absolute Gasteiger partial charge is 0.249 e. The van der Waals surface area contributed by atoms with Crippen molar-refractivity contribution in [3.05, 3.63) is 30.3 Å². The van der Waals surface area contributed by atoms with Gasteiger partial charge in [-0.3, -0.25) is 14.9 Å². The summed E-state index contributed by atoms with van der Waals surface area (Å²) in [6.07, 6.45) is 2.14. The molecule has 0 aliphatic rings. The van der Waals surface area contributed by atoms with Crippen molar-refractivity contribution in [1.29, 1.82) is 0 Å². The summed E-state index contributed by atoms with van der Waals surface area (Å²) in [7, 11) is 0. The molecule has 1 aromatic carbocycles. The number of rotatable bonds is 9. The highest BCUT2D eigenvalue weighted by atomic mass is 32.1. The Morgan fingerprint density at radius 1 is 1.10 bits per heavy atom. The zero-order valence-corrected chi connectivity index (χ0v) is 19.7. The van der Waals surface area contributed by atoms with Gasteiger partial charge in [0.25, 0.3) is 0 Å². The van der Waals surface area contributed by atoms with E-state index in [0.29, 0.717) is 11.6 Å². The normalized spacial score (nSPS) is 14.6. The van der Waals surface area contributed by atoms with E-state index in [4.69, 9.17) is 0 Å². The number of carbonyl (C=O) groups excluding carboxylic acids is 2. The number of aromatic nitrogens is 2. The fourth-order valence-corrected chi connectivity index (χ4v) is 4.27. The molecule has 0 bridgehead atoms. The molecule has 2 rings (SSSR count). The van der Waals surface area contributed by atoms with Crippen molar-refractivity contribution in [2.24, 2.45) is 17.3 Å². The third kappa shape index (κ3) is 7.52. The second-order valence-electron chi connectivity index (χ2n) is 9.27. The molecule has 6 nitrogen and oxygen atoms in total. The molecule has 2 aromatic rings. The molecule has 0 saturated carbocycles. The van der Waals surface area contributed by atoms with Gasteiger partial charge in [0.05, 0.1) is 0 Å². The summed E-state index contributed by atoms with van der Waals surface area (Å²) in [5.74, 6) is -0.0815. The zero-order chi connectivity index (χ0) is 22.3. The zero-order valence-electron chi connectivity index (χ0n) is 18.9. The predicted octanol–water partition coefficient (Wildman–Crippen LogP) is 5.14. The lowest BCUT2D eigenvalue weighted by Crippen LogP contribution is -2.48. The molecule has 1 aromatic heterocycles. The summed E-state index contributed by atoms with van der Waals surface area (Å²) in [5.41, 5.74) is 1.12. The summed E-state index contributed by atoms with van der Waals surface area (Å²) < 4.78 is 0. The summed E-state index contributed by atoms with van der Waals surface area (Å²) in [4.78, 5) is 25.5. The van der Waals surface area contributed by atoms with Gasteiger partial charge >= 0.3 is 0 Å². The molecule has 164 valence electrons. The van der Waals surface area contributed by atoms with Crippen molar-refractivity contribution >= 4 is 28.3 Å². The van der Waals surface area contributed by atoms with E-state index < -0.39 is 6.04 Å². The number of carbonyl (C=O) groups is 2. The van der Waals surface area contributed by atoms with Crippen molar-refractivity contribution in [2.45, 2.75) is 66.8 Å². The fraction of sp³-hybridized carbons (Fsp3) is 0.565. The third-order valence-electron chi connectivity index (χ3n) is 4.98. The van der Waals surface area contributed by atoms with E-state index in [1.54, 1.807) is 0 Å². The quantitative estimate of drug-likeness (QED) is 0.577. The van der Waals surface area contributed by atoms with Gasteiger partial charge in [-0.2, -0.15) is 0 Å². The van der Waals surface area contributed by atoms with Gasteiger partial charge in [0, 0.05) is 12.0 Å². The Labute approximate surface area is 183 Å². The number of benzene rings is 1. The molecule has 0 aliphatic heterocycles. The number of anilines is 1. The van der Waals surface area contributed by atoms with Crippen molar-refractivity contribution in [3.63, 3.8) is 0 Å². The van der Waals surface area contributed by atoms with Gasteiger partial charge in [-0.15, -0.1) is 10.2 Å². The Bertz CT molecular complexity index is 829. The predicted molar refractivity (Wildman–Crippen MR) is 123 cm³/mol. The van der Waals surface area contributed by atoms with Crippen LogP contribution in [0, 0.1) is 17.3 Å². The maximum absolute atomic E-state index is 12.9. The van der Waals surface area contributed by atoms with Gasteiger partial charge in [-0.1, -0.05) is 89.6 Å². The third-order valence-corrected chi connectivity index (χ3v) is 5.87. The second kappa shape index (κ2) is 10.7. The van der Waals surface area contributed by atoms with Crippen molar-refractivity contribution in [1.82, 2.24) is 15.5 Å².